The molecular weight excluding hydrogens is 550 g/mol. The van der Waals surface area contributed by atoms with Gasteiger partial charge in [-0.25, -0.2) is 0 Å². The molecule has 5 rings (SSSR count). The SMILES string of the molecule is Cc1sc(Cc2ccccc2)c(C)c1C1=C(c2c(C)sc(Cc3ccccc3)c2C)C(F)(F)C(F)(F)C1(F)F. The molecule has 0 radical (unpaired) electrons. The Balaban J connectivity index is 1.74. The fourth-order valence-electron chi connectivity index (χ4n) is 5.45. The van der Waals surface area contributed by atoms with Gasteiger partial charge in [0.15, 0.2) is 0 Å². The van der Waals surface area contributed by atoms with Crippen molar-refractivity contribution in [2.24, 2.45) is 0 Å². The first-order chi connectivity index (χ1) is 18.3. The first-order valence-corrected chi connectivity index (χ1v) is 14.1. The van der Waals surface area contributed by atoms with Crippen LogP contribution in [0.25, 0.3) is 11.1 Å². The fraction of sp³-hybridized carbons (Fsp3) is 0.290. The van der Waals surface area contributed by atoms with Gasteiger partial charge < -0.3 is 0 Å². The Morgan fingerprint density at radius 2 is 0.872 bits per heavy atom. The van der Waals surface area contributed by atoms with Gasteiger partial charge in [-0.2, -0.15) is 26.3 Å². The van der Waals surface area contributed by atoms with E-state index < -0.39 is 28.9 Å². The third-order valence-electron chi connectivity index (χ3n) is 7.42. The number of aryl methyl sites for hydroxylation is 2. The molecule has 0 amide bonds. The van der Waals surface area contributed by atoms with Crippen molar-refractivity contribution in [1.29, 1.82) is 0 Å². The zero-order valence-corrected chi connectivity index (χ0v) is 23.4. The average molecular weight is 577 g/mol. The van der Waals surface area contributed by atoms with Crippen molar-refractivity contribution in [3.63, 3.8) is 0 Å². The first kappa shape index (κ1) is 27.7. The number of benzene rings is 2. The molecular formula is C31H26F6S2. The van der Waals surface area contributed by atoms with Crippen molar-refractivity contribution in [2.45, 2.75) is 58.3 Å². The van der Waals surface area contributed by atoms with Crippen molar-refractivity contribution in [1.82, 2.24) is 0 Å². The third-order valence-corrected chi connectivity index (χ3v) is 9.84. The monoisotopic (exact) mass is 576 g/mol. The Labute approximate surface area is 231 Å². The molecule has 0 aliphatic heterocycles. The second-order valence-electron chi connectivity index (χ2n) is 9.96. The Hall–Kier alpha value is -2.84. The van der Waals surface area contributed by atoms with Gasteiger partial charge in [0, 0.05) is 54.6 Å². The fourth-order valence-corrected chi connectivity index (χ4v) is 7.89. The zero-order chi connectivity index (χ0) is 28.3. The van der Waals surface area contributed by atoms with E-state index in [1.54, 1.807) is 13.8 Å². The molecule has 4 aromatic rings. The molecule has 204 valence electrons. The molecule has 0 fully saturated rings. The second-order valence-corrected chi connectivity index (χ2v) is 12.6. The van der Waals surface area contributed by atoms with Gasteiger partial charge in [0.2, 0.25) is 0 Å². The Kier molecular flexibility index (Phi) is 6.87. The van der Waals surface area contributed by atoms with Crippen LogP contribution in [0.15, 0.2) is 60.7 Å². The summed E-state index contributed by atoms with van der Waals surface area (Å²) in [7, 11) is 0. The highest BCUT2D eigenvalue weighted by Crippen LogP contribution is 2.66. The van der Waals surface area contributed by atoms with Crippen molar-refractivity contribution in [2.75, 3.05) is 0 Å². The van der Waals surface area contributed by atoms with E-state index in [-0.39, 0.29) is 11.1 Å². The molecule has 2 aromatic heterocycles. The molecule has 8 heteroatoms. The number of hydrogen-bond acceptors (Lipinski definition) is 2. The molecule has 0 N–H and O–H groups in total. The van der Waals surface area contributed by atoms with Gasteiger partial charge in [0.05, 0.1) is 0 Å². The minimum absolute atomic E-state index is 0.197. The van der Waals surface area contributed by atoms with Crippen molar-refractivity contribution in [3.8, 4) is 0 Å². The first-order valence-electron chi connectivity index (χ1n) is 12.4. The van der Waals surface area contributed by atoms with Crippen molar-refractivity contribution < 1.29 is 26.3 Å². The lowest BCUT2D eigenvalue weighted by Crippen LogP contribution is -2.49. The molecule has 0 nitrogen and oxygen atoms in total. The maximum atomic E-state index is 15.6. The summed E-state index contributed by atoms with van der Waals surface area (Å²) in [5.74, 6) is -15.7. The molecule has 2 aromatic carbocycles. The van der Waals surface area contributed by atoms with E-state index in [2.05, 4.69) is 0 Å². The van der Waals surface area contributed by atoms with Crippen LogP contribution >= 0.6 is 22.7 Å². The molecule has 1 aliphatic rings. The largest absolute Gasteiger partial charge is 0.380 e. The van der Waals surface area contributed by atoms with Gasteiger partial charge in [-0.1, -0.05) is 60.7 Å². The predicted molar refractivity (Wildman–Crippen MR) is 148 cm³/mol. The topological polar surface area (TPSA) is 0 Å². The molecule has 0 unspecified atom stereocenters. The molecule has 0 atom stereocenters. The summed E-state index contributed by atoms with van der Waals surface area (Å²) < 4.78 is 92.7. The zero-order valence-electron chi connectivity index (χ0n) is 21.8. The summed E-state index contributed by atoms with van der Waals surface area (Å²) in [5.41, 5.74) is -0.418. The Morgan fingerprint density at radius 3 is 1.21 bits per heavy atom. The number of hydrogen-bond donors (Lipinski definition) is 0. The highest BCUT2D eigenvalue weighted by molar-refractivity contribution is 7.12. The van der Waals surface area contributed by atoms with Crippen LogP contribution in [0.2, 0.25) is 0 Å². The minimum Gasteiger partial charge on any atom is -0.194 e. The van der Waals surface area contributed by atoms with Gasteiger partial charge >= 0.3 is 17.8 Å². The number of thiophene rings is 2. The van der Waals surface area contributed by atoms with E-state index in [0.717, 1.165) is 11.1 Å². The average Bonchev–Trinajstić information content (AvgIpc) is 3.34. The summed E-state index contributed by atoms with van der Waals surface area (Å²) in [6.07, 6.45) is 0.772. The van der Waals surface area contributed by atoms with Crippen LogP contribution in [-0.2, 0) is 12.8 Å². The number of allylic oxidation sites excluding steroid dienone is 2. The highest BCUT2D eigenvalue weighted by atomic mass is 32.1. The second kappa shape index (κ2) is 9.66. The van der Waals surface area contributed by atoms with E-state index in [9.17, 15) is 0 Å². The number of alkyl halides is 6. The van der Waals surface area contributed by atoms with Crippen LogP contribution in [0.1, 0.15) is 52.9 Å². The molecule has 0 saturated heterocycles. The van der Waals surface area contributed by atoms with E-state index in [1.165, 1.54) is 36.5 Å². The maximum Gasteiger partial charge on any atom is 0.380 e. The molecule has 0 saturated carbocycles. The van der Waals surface area contributed by atoms with Gasteiger partial charge in [-0.15, -0.1) is 22.7 Å². The lowest BCUT2D eigenvalue weighted by atomic mass is 9.90. The highest BCUT2D eigenvalue weighted by Gasteiger charge is 2.80. The summed E-state index contributed by atoms with van der Waals surface area (Å²) in [5, 5.41) is 0. The lowest BCUT2D eigenvalue weighted by molar-refractivity contribution is -0.254. The summed E-state index contributed by atoms with van der Waals surface area (Å²) in [6.45, 7) is 6.18. The van der Waals surface area contributed by atoms with Gasteiger partial charge in [-0.3, -0.25) is 0 Å². The Bertz CT molecular complexity index is 1440. The van der Waals surface area contributed by atoms with Crippen LogP contribution in [0.3, 0.4) is 0 Å². The molecule has 39 heavy (non-hydrogen) atoms. The quantitative estimate of drug-likeness (QED) is 0.200. The van der Waals surface area contributed by atoms with Crippen molar-refractivity contribution in [3.05, 3.63) is 114 Å². The van der Waals surface area contributed by atoms with Crippen LogP contribution in [-0.4, -0.2) is 17.8 Å². The van der Waals surface area contributed by atoms with E-state index in [4.69, 9.17) is 0 Å². The molecule has 0 spiro atoms. The van der Waals surface area contributed by atoms with Gasteiger partial charge in [0.1, 0.15) is 0 Å². The van der Waals surface area contributed by atoms with Crippen molar-refractivity contribution >= 4 is 33.8 Å². The third kappa shape index (κ3) is 4.27. The van der Waals surface area contributed by atoms with E-state index >= 15 is 26.3 Å². The van der Waals surface area contributed by atoms with Crippen LogP contribution in [0.5, 0.6) is 0 Å². The maximum absolute atomic E-state index is 15.6. The normalized spacial score (nSPS) is 17.7. The molecule has 1 aliphatic carbocycles. The van der Waals surface area contributed by atoms with Gasteiger partial charge in [-0.05, 0) is 49.9 Å². The smallest absolute Gasteiger partial charge is 0.194 e. The lowest BCUT2D eigenvalue weighted by Gasteiger charge is -2.26. The summed E-state index contributed by atoms with van der Waals surface area (Å²) in [6, 6.07) is 18.5. The number of rotatable bonds is 6. The number of halogens is 6. The summed E-state index contributed by atoms with van der Waals surface area (Å²) >= 11 is 2.36. The standard InChI is InChI=1S/C31H26F6S2/c1-17-23(15-21-11-7-5-8-12-21)38-19(3)25(17)27-28(30(34,35)31(36,37)29(27,32)33)26-18(2)24(39-20(26)4)16-22-13-9-6-10-14-22/h5-14H,15-16H2,1-4H3. The van der Waals surface area contributed by atoms with Crippen LogP contribution in [0, 0.1) is 27.7 Å². The van der Waals surface area contributed by atoms with E-state index in [1.807, 2.05) is 60.7 Å². The predicted octanol–water partition coefficient (Wildman–Crippen LogP) is 10.1. The van der Waals surface area contributed by atoms with E-state index in [0.29, 0.717) is 43.5 Å². The molecule has 2 heterocycles. The van der Waals surface area contributed by atoms with Crippen LogP contribution in [0.4, 0.5) is 26.3 Å². The van der Waals surface area contributed by atoms with Crippen LogP contribution < -0.4 is 0 Å². The summed E-state index contributed by atoms with van der Waals surface area (Å²) in [4.78, 5) is 1.99. The van der Waals surface area contributed by atoms with Gasteiger partial charge in [0.25, 0.3) is 0 Å². The minimum atomic E-state index is -5.58. The molecule has 0 bridgehead atoms. The Morgan fingerprint density at radius 1 is 0.538 bits per heavy atom.